The van der Waals surface area contributed by atoms with E-state index in [0.717, 1.165) is 21.5 Å². The summed E-state index contributed by atoms with van der Waals surface area (Å²) in [7, 11) is 0. The van der Waals surface area contributed by atoms with E-state index < -0.39 is 6.89 Å². The molecule has 5 aromatic rings. The van der Waals surface area contributed by atoms with Gasteiger partial charge in [0.1, 0.15) is 5.75 Å². The van der Waals surface area contributed by atoms with E-state index in [1.54, 1.807) is 17.1 Å². The fourth-order valence-corrected chi connectivity index (χ4v) is 8.46. The largest absolute Gasteiger partial charge is 0.423 e. The highest BCUT2D eigenvalue weighted by Gasteiger charge is 2.26. The first kappa shape index (κ1) is 22.2. The number of carbonyl (C=O) groups is 1. The van der Waals surface area contributed by atoms with Crippen molar-refractivity contribution in [2.45, 2.75) is 0 Å². The topological polar surface area (TPSA) is 26.3 Å². The Morgan fingerprint density at radius 3 is 1.56 bits per heavy atom. The van der Waals surface area contributed by atoms with Crippen molar-refractivity contribution in [1.82, 2.24) is 0 Å². The molecule has 166 valence electrons. The van der Waals surface area contributed by atoms with Crippen molar-refractivity contribution < 1.29 is 9.53 Å². The van der Waals surface area contributed by atoms with Gasteiger partial charge in [-0.15, -0.1) is 11.3 Å². The summed E-state index contributed by atoms with van der Waals surface area (Å²) >= 11 is 1.69. The van der Waals surface area contributed by atoms with E-state index in [0.29, 0.717) is 5.75 Å². The molecule has 34 heavy (non-hydrogen) atoms. The van der Waals surface area contributed by atoms with Gasteiger partial charge in [0.25, 0.3) is 0 Å². The van der Waals surface area contributed by atoms with Gasteiger partial charge in [-0.1, -0.05) is 97.1 Å². The molecule has 0 fully saturated rings. The molecule has 0 aliphatic carbocycles. The summed E-state index contributed by atoms with van der Waals surface area (Å²) in [6.45, 7) is -2.39. The molecule has 0 amide bonds. The normalized spacial score (nSPS) is 11.1. The van der Waals surface area contributed by atoms with Crippen LogP contribution in [0.15, 0.2) is 133 Å². The lowest BCUT2D eigenvalue weighted by Gasteiger charge is -2.28. The first-order chi connectivity index (χ1) is 16.8. The molecule has 2 nitrogen and oxygen atoms in total. The zero-order valence-electron chi connectivity index (χ0n) is 18.5. The lowest BCUT2D eigenvalue weighted by Crippen LogP contribution is -2.29. The summed E-state index contributed by atoms with van der Waals surface area (Å²) in [5.74, 6) is 1.99. The second-order valence-corrected chi connectivity index (χ2v) is 12.0. The molecule has 0 spiro atoms. The quantitative estimate of drug-likeness (QED) is 0.167. The van der Waals surface area contributed by atoms with Gasteiger partial charge < -0.3 is 4.74 Å². The van der Waals surface area contributed by atoms with Gasteiger partial charge in [-0.2, -0.15) is 0 Å². The Balaban J connectivity index is 1.60. The van der Waals surface area contributed by atoms with Crippen LogP contribution in [0, 0.1) is 0 Å². The highest BCUT2D eigenvalue weighted by atomic mass is 32.1. The third-order valence-electron chi connectivity index (χ3n) is 5.67. The molecular weight excluding hydrogens is 455 g/mol. The molecule has 0 saturated carbocycles. The van der Waals surface area contributed by atoms with Crippen molar-refractivity contribution in [2.75, 3.05) is 0 Å². The van der Waals surface area contributed by atoms with Crippen LogP contribution in [0.5, 0.6) is 5.75 Å². The zero-order valence-corrected chi connectivity index (χ0v) is 20.2. The van der Waals surface area contributed by atoms with Crippen LogP contribution in [-0.2, 0) is 4.79 Å². The van der Waals surface area contributed by atoms with Gasteiger partial charge in [0.15, 0.2) is 0 Å². The molecule has 4 heteroatoms. The number of ether oxygens (including phenoxy) is 1. The summed E-state index contributed by atoms with van der Waals surface area (Å²) in [6, 6.07) is 42.6. The van der Waals surface area contributed by atoms with Crippen molar-refractivity contribution in [2.24, 2.45) is 0 Å². The number of hydrogen-bond acceptors (Lipinski definition) is 3. The molecule has 1 aromatic heterocycles. The number of hydrogen-bond donors (Lipinski definition) is 0. The first-order valence-corrected chi connectivity index (χ1v) is 13.8. The molecule has 5 rings (SSSR count). The standard InChI is InChI=1S/C30H23O2PS/c31-30(32-25-20-18-24(19-21-25)29-17-10-22-34-29)23-33(26-11-4-1-5-12-26,27-13-6-2-7-14-27)28-15-8-3-9-16-28/h1-23H. The lowest BCUT2D eigenvalue weighted by atomic mass is 10.2. The van der Waals surface area contributed by atoms with Gasteiger partial charge in [-0.05, 0) is 64.1 Å². The van der Waals surface area contributed by atoms with Gasteiger partial charge in [0, 0.05) is 10.7 Å². The molecule has 0 atom stereocenters. The van der Waals surface area contributed by atoms with E-state index in [1.807, 2.05) is 84.9 Å². The van der Waals surface area contributed by atoms with Gasteiger partial charge in [0.2, 0.25) is 0 Å². The average molecular weight is 479 g/mol. The third kappa shape index (κ3) is 4.54. The van der Waals surface area contributed by atoms with E-state index in [2.05, 4.69) is 47.8 Å². The maximum absolute atomic E-state index is 13.4. The number of esters is 1. The van der Waals surface area contributed by atoms with E-state index in [-0.39, 0.29) is 5.97 Å². The van der Waals surface area contributed by atoms with Crippen molar-refractivity contribution in [3.8, 4) is 16.2 Å². The molecule has 0 unspecified atom stereocenters. The molecule has 0 aliphatic heterocycles. The van der Waals surface area contributed by atoms with Crippen LogP contribution in [0.2, 0.25) is 0 Å². The molecule has 0 aliphatic rings. The van der Waals surface area contributed by atoms with Crippen LogP contribution >= 0.6 is 18.2 Å². The Kier molecular flexibility index (Phi) is 6.58. The van der Waals surface area contributed by atoms with E-state index in [1.165, 1.54) is 4.88 Å². The summed E-state index contributed by atoms with van der Waals surface area (Å²) in [5.41, 5.74) is 1.11. The highest BCUT2D eigenvalue weighted by Crippen LogP contribution is 2.43. The summed E-state index contributed by atoms with van der Waals surface area (Å²) in [6.07, 6.45) is 0. The van der Waals surface area contributed by atoms with Crippen LogP contribution in [0.3, 0.4) is 0 Å². The van der Waals surface area contributed by atoms with Crippen molar-refractivity contribution >= 4 is 45.9 Å². The van der Waals surface area contributed by atoms with Crippen LogP contribution in [-0.4, -0.2) is 11.8 Å². The molecule has 0 radical (unpaired) electrons. The highest BCUT2D eigenvalue weighted by molar-refractivity contribution is 7.95. The van der Waals surface area contributed by atoms with E-state index in [9.17, 15) is 4.79 Å². The Bertz CT molecular complexity index is 1310. The van der Waals surface area contributed by atoms with Gasteiger partial charge in [-0.3, -0.25) is 0 Å². The van der Waals surface area contributed by atoms with Crippen molar-refractivity contribution in [1.29, 1.82) is 0 Å². The molecule has 1 heterocycles. The van der Waals surface area contributed by atoms with Crippen molar-refractivity contribution in [3.05, 3.63) is 133 Å². The number of thiophene rings is 1. The minimum absolute atomic E-state index is 0.353. The van der Waals surface area contributed by atoms with Crippen molar-refractivity contribution in [3.63, 3.8) is 0 Å². The first-order valence-electron chi connectivity index (χ1n) is 11.0. The fourth-order valence-electron chi connectivity index (χ4n) is 4.09. The number of benzene rings is 4. The van der Waals surface area contributed by atoms with Crippen LogP contribution in [0.4, 0.5) is 0 Å². The smallest absolute Gasteiger partial charge is 0.337 e. The third-order valence-corrected chi connectivity index (χ3v) is 10.5. The second-order valence-electron chi connectivity index (χ2n) is 7.78. The van der Waals surface area contributed by atoms with Gasteiger partial charge >= 0.3 is 5.97 Å². The number of carbonyl (C=O) groups excluding carboxylic acids is 1. The molecule has 0 saturated heterocycles. The maximum Gasteiger partial charge on any atom is 0.337 e. The monoisotopic (exact) mass is 478 g/mol. The number of rotatable bonds is 6. The Morgan fingerprint density at radius 2 is 1.12 bits per heavy atom. The van der Waals surface area contributed by atoms with Gasteiger partial charge in [-0.25, -0.2) is 4.79 Å². The fraction of sp³-hybridized carbons (Fsp3) is 0. The predicted octanol–water partition coefficient (Wildman–Crippen LogP) is 6.12. The summed E-state index contributed by atoms with van der Waals surface area (Å²) in [4.78, 5) is 14.6. The summed E-state index contributed by atoms with van der Waals surface area (Å²) in [5, 5.41) is 5.38. The van der Waals surface area contributed by atoms with E-state index in [4.69, 9.17) is 4.74 Å². The van der Waals surface area contributed by atoms with Gasteiger partial charge in [0.05, 0.1) is 0 Å². The van der Waals surface area contributed by atoms with Crippen LogP contribution in [0.25, 0.3) is 10.4 Å². The minimum Gasteiger partial charge on any atom is -0.423 e. The molecule has 0 bridgehead atoms. The predicted molar refractivity (Wildman–Crippen MR) is 147 cm³/mol. The maximum atomic E-state index is 13.4. The zero-order chi connectivity index (χ0) is 23.2. The van der Waals surface area contributed by atoms with E-state index >= 15 is 0 Å². The SMILES string of the molecule is O=C(C=P(c1ccccc1)(c1ccccc1)c1ccccc1)Oc1ccc(-c2cccs2)cc1. The Labute approximate surface area is 204 Å². The lowest BCUT2D eigenvalue weighted by molar-refractivity contribution is -0.126. The van der Waals surface area contributed by atoms with Crippen LogP contribution < -0.4 is 20.7 Å². The minimum atomic E-state index is -2.39. The molecule has 4 aromatic carbocycles. The average Bonchev–Trinajstić information content (AvgIpc) is 3.44. The molecular formula is C30H23O2PS. The summed E-state index contributed by atoms with van der Waals surface area (Å²) < 4.78 is 5.84. The Hall–Kier alpha value is -3.65. The second kappa shape index (κ2) is 10.1. The molecule has 0 N–H and O–H groups in total. The Morgan fingerprint density at radius 1 is 0.618 bits per heavy atom. The van der Waals surface area contributed by atoms with Crippen LogP contribution in [0.1, 0.15) is 0 Å².